The lowest BCUT2D eigenvalue weighted by Gasteiger charge is -2.17. The van der Waals surface area contributed by atoms with Crippen LogP contribution in [0.3, 0.4) is 0 Å². The van der Waals surface area contributed by atoms with Crippen LogP contribution in [0, 0.1) is 13.8 Å². The predicted octanol–water partition coefficient (Wildman–Crippen LogP) is 3.25. The minimum Gasteiger partial charge on any atom is -0.494 e. The minimum absolute atomic E-state index is 0.233. The van der Waals surface area contributed by atoms with Crippen molar-refractivity contribution in [3.05, 3.63) is 59.2 Å². The van der Waals surface area contributed by atoms with Gasteiger partial charge in [0.15, 0.2) is 6.10 Å². The molecule has 0 heterocycles. The van der Waals surface area contributed by atoms with Gasteiger partial charge in [-0.05, 0) is 62.9 Å². The fourth-order valence-electron chi connectivity index (χ4n) is 2.65. The van der Waals surface area contributed by atoms with Crippen LogP contribution in [0.25, 0.3) is 0 Å². The molecule has 2 amide bonds. The van der Waals surface area contributed by atoms with Crippen molar-refractivity contribution in [1.82, 2.24) is 10.9 Å². The number of benzene rings is 2. The highest BCUT2D eigenvalue weighted by molar-refractivity contribution is 5.84. The summed E-state index contributed by atoms with van der Waals surface area (Å²) in [5, 5.41) is 0. The van der Waals surface area contributed by atoms with E-state index in [-0.39, 0.29) is 12.3 Å². The van der Waals surface area contributed by atoms with Gasteiger partial charge in [-0.2, -0.15) is 0 Å². The number of nitrogens with one attached hydrogen (secondary N) is 2. The van der Waals surface area contributed by atoms with Gasteiger partial charge in [-0.25, -0.2) is 0 Å². The molecular weight excluding hydrogens is 356 g/mol. The summed E-state index contributed by atoms with van der Waals surface area (Å²) in [4.78, 5) is 24.3. The monoisotopic (exact) mass is 384 g/mol. The summed E-state index contributed by atoms with van der Waals surface area (Å²) >= 11 is 0. The molecule has 2 aromatic carbocycles. The third-order valence-electron chi connectivity index (χ3n) is 4.45. The molecule has 0 fully saturated rings. The molecule has 1 atom stereocenters. The molecular formula is C22H28N2O4. The van der Waals surface area contributed by atoms with E-state index in [1.165, 1.54) is 0 Å². The van der Waals surface area contributed by atoms with E-state index < -0.39 is 12.0 Å². The average molecular weight is 384 g/mol. The molecule has 0 radical (unpaired) electrons. The Hall–Kier alpha value is -3.02. The van der Waals surface area contributed by atoms with Gasteiger partial charge in [-0.3, -0.25) is 20.4 Å². The largest absolute Gasteiger partial charge is 0.494 e. The van der Waals surface area contributed by atoms with Crippen LogP contribution in [0.15, 0.2) is 42.5 Å². The Balaban J connectivity index is 1.80. The van der Waals surface area contributed by atoms with E-state index >= 15 is 0 Å². The number of hydrogen-bond donors (Lipinski definition) is 2. The maximum absolute atomic E-state index is 12.2. The highest BCUT2D eigenvalue weighted by Crippen LogP contribution is 2.22. The number of para-hydroxylation sites is 1. The van der Waals surface area contributed by atoms with Crippen molar-refractivity contribution in [2.45, 2.75) is 46.6 Å². The molecule has 2 aromatic rings. The van der Waals surface area contributed by atoms with Crippen LogP contribution in [0.2, 0.25) is 0 Å². The first-order valence-electron chi connectivity index (χ1n) is 9.44. The minimum atomic E-state index is -0.737. The lowest BCUT2D eigenvalue weighted by molar-refractivity contribution is -0.132. The summed E-state index contributed by atoms with van der Waals surface area (Å²) in [6.07, 6.45) is 0.0164. The molecule has 0 saturated carbocycles. The third kappa shape index (κ3) is 6.01. The lowest BCUT2D eigenvalue weighted by Crippen LogP contribution is -2.47. The number of aryl methyl sites for hydroxylation is 2. The van der Waals surface area contributed by atoms with Crippen LogP contribution in [0.5, 0.6) is 11.5 Å². The van der Waals surface area contributed by atoms with Crippen molar-refractivity contribution in [2.75, 3.05) is 6.61 Å². The summed E-state index contributed by atoms with van der Waals surface area (Å²) in [7, 11) is 0. The first-order chi connectivity index (χ1) is 13.4. The SMILES string of the molecule is CCOc1ccccc1CCC(=O)NNC(=O)C(C)Oc1cccc(C)c1C. The Labute approximate surface area is 166 Å². The van der Waals surface area contributed by atoms with E-state index in [0.717, 1.165) is 22.4 Å². The van der Waals surface area contributed by atoms with Gasteiger partial charge in [0.1, 0.15) is 11.5 Å². The molecule has 28 heavy (non-hydrogen) atoms. The van der Waals surface area contributed by atoms with E-state index in [1.54, 1.807) is 6.92 Å². The Kier molecular flexibility index (Phi) is 7.87. The molecule has 0 aliphatic carbocycles. The highest BCUT2D eigenvalue weighted by Gasteiger charge is 2.17. The Morgan fingerprint density at radius 2 is 1.71 bits per heavy atom. The smallest absolute Gasteiger partial charge is 0.279 e. The lowest BCUT2D eigenvalue weighted by atomic mass is 10.1. The fraction of sp³-hybridized carbons (Fsp3) is 0.364. The van der Waals surface area contributed by atoms with Gasteiger partial charge in [0.2, 0.25) is 5.91 Å². The number of carbonyl (C=O) groups is 2. The van der Waals surface area contributed by atoms with Crippen molar-refractivity contribution in [1.29, 1.82) is 0 Å². The number of carbonyl (C=O) groups excluding carboxylic acids is 2. The molecule has 2 rings (SSSR count). The van der Waals surface area contributed by atoms with Crippen molar-refractivity contribution in [2.24, 2.45) is 0 Å². The van der Waals surface area contributed by atoms with Crippen LogP contribution in [-0.4, -0.2) is 24.5 Å². The van der Waals surface area contributed by atoms with E-state index in [1.807, 2.05) is 63.2 Å². The second kappa shape index (κ2) is 10.3. The van der Waals surface area contributed by atoms with Gasteiger partial charge >= 0.3 is 0 Å². The Bertz CT molecular complexity index is 820. The molecule has 150 valence electrons. The van der Waals surface area contributed by atoms with Crippen molar-refractivity contribution < 1.29 is 19.1 Å². The maximum Gasteiger partial charge on any atom is 0.279 e. The number of ether oxygens (including phenoxy) is 2. The predicted molar refractivity (Wildman–Crippen MR) is 108 cm³/mol. The van der Waals surface area contributed by atoms with E-state index in [4.69, 9.17) is 9.47 Å². The molecule has 2 N–H and O–H groups in total. The molecule has 6 heteroatoms. The molecule has 0 aromatic heterocycles. The molecule has 0 bridgehead atoms. The molecule has 6 nitrogen and oxygen atoms in total. The van der Waals surface area contributed by atoms with Crippen LogP contribution < -0.4 is 20.3 Å². The second-order valence-corrected chi connectivity index (χ2v) is 6.54. The van der Waals surface area contributed by atoms with Crippen LogP contribution in [0.4, 0.5) is 0 Å². The standard InChI is InChI=1S/C22H28N2O4/c1-5-27-20-11-7-6-10-18(20)13-14-21(25)23-24-22(26)17(4)28-19-12-8-9-15(2)16(19)3/h6-12,17H,5,13-14H2,1-4H3,(H,23,25)(H,24,26). The molecule has 0 aliphatic rings. The van der Waals surface area contributed by atoms with E-state index in [2.05, 4.69) is 10.9 Å². The topological polar surface area (TPSA) is 76.7 Å². The quantitative estimate of drug-likeness (QED) is 0.685. The van der Waals surface area contributed by atoms with Gasteiger partial charge in [0.25, 0.3) is 5.91 Å². The summed E-state index contributed by atoms with van der Waals surface area (Å²) in [6, 6.07) is 13.3. The van der Waals surface area contributed by atoms with Crippen LogP contribution in [0.1, 0.15) is 37.0 Å². The third-order valence-corrected chi connectivity index (χ3v) is 4.45. The zero-order chi connectivity index (χ0) is 20.5. The number of amides is 2. The fourth-order valence-corrected chi connectivity index (χ4v) is 2.65. The molecule has 0 saturated heterocycles. The zero-order valence-corrected chi connectivity index (χ0v) is 16.9. The van der Waals surface area contributed by atoms with E-state index in [0.29, 0.717) is 18.8 Å². The van der Waals surface area contributed by atoms with E-state index in [9.17, 15) is 9.59 Å². The van der Waals surface area contributed by atoms with Crippen LogP contribution >= 0.6 is 0 Å². The van der Waals surface area contributed by atoms with Crippen molar-refractivity contribution in [3.63, 3.8) is 0 Å². The van der Waals surface area contributed by atoms with Crippen LogP contribution in [-0.2, 0) is 16.0 Å². The maximum atomic E-state index is 12.2. The first-order valence-corrected chi connectivity index (χ1v) is 9.44. The summed E-state index contributed by atoms with van der Waals surface area (Å²) in [5.41, 5.74) is 7.89. The van der Waals surface area contributed by atoms with Gasteiger partial charge in [0.05, 0.1) is 6.61 Å². The average Bonchev–Trinajstić information content (AvgIpc) is 2.69. The van der Waals surface area contributed by atoms with Gasteiger partial charge in [0, 0.05) is 6.42 Å². The molecule has 1 unspecified atom stereocenters. The number of hydrogen-bond acceptors (Lipinski definition) is 4. The molecule has 0 spiro atoms. The van der Waals surface area contributed by atoms with Crippen molar-refractivity contribution >= 4 is 11.8 Å². The highest BCUT2D eigenvalue weighted by atomic mass is 16.5. The van der Waals surface area contributed by atoms with Gasteiger partial charge in [-0.15, -0.1) is 0 Å². The first kappa shape index (κ1) is 21.3. The summed E-state index contributed by atoms with van der Waals surface area (Å²) in [6.45, 7) is 8.05. The summed E-state index contributed by atoms with van der Waals surface area (Å²) < 4.78 is 11.3. The van der Waals surface area contributed by atoms with Crippen molar-refractivity contribution in [3.8, 4) is 11.5 Å². The number of rotatable bonds is 8. The normalized spacial score (nSPS) is 11.4. The van der Waals surface area contributed by atoms with Gasteiger partial charge in [-0.1, -0.05) is 30.3 Å². The molecule has 0 aliphatic heterocycles. The Morgan fingerprint density at radius 3 is 2.46 bits per heavy atom. The Morgan fingerprint density at radius 1 is 1.00 bits per heavy atom. The summed E-state index contributed by atoms with van der Waals surface area (Å²) in [5.74, 6) is 0.737. The second-order valence-electron chi connectivity index (χ2n) is 6.54. The zero-order valence-electron chi connectivity index (χ0n) is 16.9. The number of hydrazine groups is 1. The van der Waals surface area contributed by atoms with Gasteiger partial charge < -0.3 is 9.47 Å².